The van der Waals surface area contributed by atoms with Gasteiger partial charge in [0.25, 0.3) is 0 Å². The molecule has 1 fully saturated rings. The van der Waals surface area contributed by atoms with E-state index in [1.165, 1.54) is 0 Å². The minimum absolute atomic E-state index is 0.162. The van der Waals surface area contributed by atoms with Gasteiger partial charge in [-0.2, -0.15) is 0 Å². The molecule has 4 nitrogen and oxygen atoms in total. The number of esters is 1. The molecule has 14 heavy (non-hydrogen) atoms. The number of hydrogen-bond donors (Lipinski definition) is 1. The van der Waals surface area contributed by atoms with Crippen molar-refractivity contribution in [1.82, 2.24) is 0 Å². The SMILES string of the molecule is CC(C)(C)OC(=O)[C@H](N)[C@@H]1CCCO1. The molecule has 0 aliphatic carbocycles. The predicted octanol–water partition coefficient (Wildman–Crippen LogP) is 0.834. The Labute approximate surface area is 84.7 Å². The summed E-state index contributed by atoms with van der Waals surface area (Å²) in [6.07, 6.45) is 1.66. The van der Waals surface area contributed by atoms with Gasteiger partial charge < -0.3 is 15.2 Å². The topological polar surface area (TPSA) is 61.5 Å². The molecule has 0 aromatic heterocycles. The van der Waals surface area contributed by atoms with E-state index in [0.717, 1.165) is 12.8 Å². The van der Waals surface area contributed by atoms with E-state index in [1.807, 2.05) is 20.8 Å². The summed E-state index contributed by atoms with van der Waals surface area (Å²) in [4.78, 5) is 11.5. The number of nitrogens with two attached hydrogens (primary N) is 1. The molecule has 1 heterocycles. The second kappa shape index (κ2) is 4.28. The van der Waals surface area contributed by atoms with Gasteiger partial charge in [-0.05, 0) is 33.6 Å². The minimum atomic E-state index is -0.642. The highest BCUT2D eigenvalue weighted by atomic mass is 16.6. The zero-order valence-electron chi connectivity index (χ0n) is 9.08. The molecular weight excluding hydrogens is 182 g/mol. The third kappa shape index (κ3) is 3.27. The molecule has 1 saturated heterocycles. The van der Waals surface area contributed by atoms with Gasteiger partial charge in [-0.25, -0.2) is 0 Å². The minimum Gasteiger partial charge on any atom is -0.459 e. The Balaban J connectivity index is 2.43. The first kappa shape index (κ1) is 11.5. The second-order valence-corrected chi connectivity index (χ2v) is 4.61. The van der Waals surface area contributed by atoms with E-state index in [2.05, 4.69) is 0 Å². The van der Waals surface area contributed by atoms with Gasteiger partial charge in [-0.15, -0.1) is 0 Å². The normalized spacial score (nSPS) is 24.7. The molecular formula is C10H19NO3. The van der Waals surface area contributed by atoms with Gasteiger partial charge in [0, 0.05) is 6.61 Å². The van der Waals surface area contributed by atoms with Crippen molar-refractivity contribution in [3.8, 4) is 0 Å². The summed E-state index contributed by atoms with van der Waals surface area (Å²) in [7, 11) is 0. The lowest BCUT2D eigenvalue weighted by atomic mass is 10.1. The van der Waals surface area contributed by atoms with Crippen molar-refractivity contribution >= 4 is 5.97 Å². The number of carbonyl (C=O) groups excluding carboxylic acids is 1. The third-order valence-corrected chi connectivity index (χ3v) is 2.04. The first-order chi connectivity index (χ1) is 6.40. The van der Waals surface area contributed by atoms with E-state index in [-0.39, 0.29) is 12.1 Å². The molecule has 0 aromatic rings. The predicted molar refractivity (Wildman–Crippen MR) is 52.8 cm³/mol. The molecule has 2 atom stereocenters. The highest BCUT2D eigenvalue weighted by Gasteiger charge is 2.31. The lowest BCUT2D eigenvalue weighted by molar-refractivity contribution is -0.159. The van der Waals surface area contributed by atoms with E-state index in [9.17, 15) is 4.79 Å². The van der Waals surface area contributed by atoms with Crippen LogP contribution in [0.25, 0.3) is 0 Å². The Morgan fingerprint density at radius 2 is 2.21 bits per heavy atom. The van der Waals surface area contributed by atoms with Crippen LogP contribution in [0.2, 0.25) is 0 Å². The summed E-state index contributed by atoms with van der Waals surface area (Å²) in [5.41, 5.74) is 5.25. The van der Waals surface area contributed by atoms with Crippen molar-refractivity contribution in [1.29, 1.82) is 0 Å². The molecule has 1 aliphatic heterocycles. The number of hydrogen-bond acceptors (Lipinski definition) is 4. The molecule has 0 spiro atoms. The number of rotatable bonds is 2. The number of carbonyl (C=O) groups is 1. The Kier molecular flexibility index (Phi) is 3.50. The fourth-order valence-corrected chi connectivity index (χ4v) is 1.41. The summed E-state index contributed by atoms with van der Waals surface area (Å²) in [6, 6.07) is -0.642. The van der Waals surface area contributed by atoms with Crippen LogP contribution in [0.1, 0.15) is 33.6 Å². The maximum atomic E-state index is 11.5. The van der Waals surface area contributed by atoms with Crippen LogP contribution >= 0.6 is 0 Å². The molecule has 0 radical (unpaired) electrons. The van der Waals surface area contributed by atoms with Crippen LogP contribution in [-0.4, -0.2) is 30.3 Å². The summed E-state index contributed by atoms with van der Waals surface area (Å²) in [6.45, 7) is 6.18. The Bertz CT molecular complexity index is 204. The lowest BCUT2D eigenvalue weighted by Crippen LogP contribution is -2.45. The molecule has 4 heteroatoms. The Morgan fingerprint density at radius 1 is 1.57 bits per heavy atom. The van der Waals surface area contributed by atoms with Gasteiger partial charge in [0.1, 0.15) is 11.6 Å². The Morgan fingerprint density at radius 3 is 2.64 bits per heavy atom. The molecule has 0 saturated carbocycles. The van der Waals surface area contributed by atoms with Gasteiger partial charge in [0.2, 0.25) is 0 Å². The van der Waals surface area contributed by atoms with E-state index in [1.54, 1.807) is 0 Å². The van der Waals surface area contributed by atoms with Crippen LogP contribution in [0.15, 0.2) is 0 Å². The van der Waals surface area contributed by atoms with E-state index >= 15 is 0 Å². The van der Waals surface area contributed by atoms with Gasteiger partial charge in [-0.3, -0.25) is 4.79 Å². The van der Waals surface area contributed by atoms with Gasteiger partial charge in [0.05, 0.1) is 6.10 Å². The fraction of sp³-hybridized carbons (Fsp3) is 0.900. The maximum Gasteiger partial charge on any atom is 0.326 e. The van der Waals surface area contributed by atoms with E-state index in [4.69, 9.17) is 15.2 Å². The molecule has 0 amide bonds. The highest BCUT2D eigenvalue weighted by Crippen LogP contribution is 2.17. The van der Waals surface area contributed by atoms with Gasteiger partial charge >= 0.3 is 5.97 Å². The summed E-state index contributed by atoms with van der Waals surface area (Å²) in [5, 5.41) is 0. The standard InChI is InChI=1S/C10H19NO3/c1-10(2,3)14-9(12)8(11)7-5-4-6-13-7/h7-8H,4-6,11H2,1-3H3/t7-,8+/m0/s1. The third-order valence-electron chi connectivity index (χ3n) is 2.04. The van der Waals surface area contributed by atoms with Gasteiger partial charge in [0.15, 0.2) is 0 Å². The molecule has 2 N–H and O–H groups in total. The summed E-state index contributed by atoms with van der Waals surface area (Å²) < 4.78 is 10.5. The van der Waals surface area contributed by atoms with Crippen LogP contribution in [0.4, 0.5) is 0 Å². The molecule has 1 aliphatic rings. The molecule has 0 aromatic carbocycles. The van der Waals surface area contributed by atoms with E-state index in [0.29, 0.717) is 6.61 Å². The van der Waals surface area contributed by atoms with Crippen LogP contribution in [0, 0.1) is 0 Å². The maximum absolute atomic E-state index is 11.5. The Hall–Kier alpha value is -0.610. The van der Waals surface area contributed by atoms with Crippen molar-refractivity contribution < 1.29 is 14.3 Å². The van der Waals surface area contributed by atoms with Crippen LogP contribution in [0.3, 0.4) is 0 Å². The quantitative estimate of drug-likeness (QED) is 0.672. The zero-order valence-corrected chi connectivity index (χ0v) is 9.08. The van der Waals surface area contributed by atoms with Crippen molar-refractivity contribution in [2.75, 3.05) is 6.61 Å². The highest BCUT2D eigenvalue weighted by molar-refractivity contribution is 5.76. The average Bonchev–Trinajstić information content (AvgIpc) is 2.51. The molecule has 0 bridgehead atoms. The van der Waals surface area contributed by atoms with E-state index < -0.39 is 11.6 Å². The fourth-order valence-electron chi connectivity index (χ4n) is 1.41. The summed E-state index contributed by atoms with van der Waals surface area (Å²) >= 11 is 0. The largest absolute Gasteiger partial charge is 0.459 e. The smallest absolute Gasteiger partial charge is 0.326 e. The first-order valence-corrected chi connectivity index (χ1v) is 5.00. The van der Waals surface area contributed by atoms with Crippen LogP contribution in [-0.2, 0) is 14.3 Å². The van der Waals surface area contributed by atoms with Crippen molar-refractivity contribution in [3.63, 3.8) is 0 Å². The lowest BCUT2D eigenvalue weighted by Gasteiger charge is -2.24. The van der Waals surface area contributed by atoms with Crippen molar-refractivity contribution in [2.24, 2.45) is 5.73 Å². The summed E-state index contributed by atoms with van der Waals surface area (Å²) in [5.74, 6) is -0.371. The van der Waals surface area contributed by atoms with Crippen molar-refractivity contribution in [2.45, 2.75) is 51.4 Å². The van der Waals surface area contributed by atoms with Gasteiger partial charge in [-0.1, -0.05) is 0 Å². The van der Waals surface area contributed by atoms with Crippen LogP contribution in [0.5, 0.6) is 0 Å². The number of ether oxygens (including phenoxy) is 2. The average molecular weight is 201 g/mol. The zero-order chi connectivity index (χ0) is 10.8. The first-order valence-electron chi connectivity index (χ1n) is 5.00. The monoisotopic (exact) mass is 201 g/mol. The molecule has 82 valence electrons. The molecule has 1 rings (SSSR count). The molecule has 0 unspecified atom stereocenters. The second-order valence-electron chi connectivity index (χ2n) is 4.61. The van der Waals surface area contributed by atoms with Crippen molar-refractivity contribution in [3.05, 3.63) is 0 Å². The van der Waals surface area contributed by atoms with Crippen LogP contribution < -0.4 is 5.73 Å².